The molecule has 0 aliphatic rings. The molecule has 0 heterocycles. The Morgan fingerprint density at radius 1 is 1.39 bits per heavy atom. The van der Waals surface area contributed by atoms with Gasteiger partial charge in [0.2, 0.25) is 0 Å². The molecule has 0 amide bonds. The zero-order chi connectivity index (χ0) is 13.7. The second-order valence-corrected chi connectivity index (χ2v) is 3.79. The second kappa shape index (κ2) is 6.02. The van der Waals surface area contributed by atoms with E-state index in [4.69, 9.17) is 11.6 Å². The molecule has 6 nitrogen and oxygen atoms in total. The molecule has 0 saturated heterocycles. The smallest absolute Gasteiger partial charge is 0.411 e. The van der Waals surface area contributed by atoms with Crippen molar-refractivity contribution in [2.24, 2.45) is 0 Å². The van der Waals surface area contributed by atoms with Gasteiger partial charge in [-0.1, -0.05) is 11.6 Å². The first-order valence-corrected chi connectivity index (χ1v) is 5.29. The fourth-order valence-electron chi connectivity index (χ4n) is 1.27. The first-order chi connectivity index (χ1) is 8.45. The SMILES string of the molecule is COC(=O)/C(=C(/C)Nc1ccc(Cl)cc1)[N+](=O)[O-]. The lowest BCUT2D eigenvalue weighted by molar-refractivity contribution is -0.422. The van der Waals surface area contributed by atoms with Gasteiger partial charge in [0.05, 0.1) is 17.7 Å². The lowest BCUT2D eigenvalue weighted by atomic mass is 10.3. The van der Waals surface area contributed by atoms with Gasteiger partial charge in [-0.05, 0) is 31.2 Å². The monoisotopic (exact) mass is 270 g/mol. The molecule has 0 aliphatic heterocycles. The van der Waals surface area contributed by atoms with E-state index in [1.807, 2.05) is 0 Å². The van der Waals surface area contributed by atoms with Gasteiger partial charge in [-0.3, -0.25) is 10.1 Å². The number of allylic oxidation sites excluding steroid dienone is 1. The predicted molar refractivity (Wildman–Crippen MR) is 66.8 cm³/mol. The van der Waals surface area contributed by atoms with Gasteiger partial charge in [-0.15, -0.1) is 0 Å². The molecule has 0 aromatic heterocycles. The molecule has 0 radical (unpaired) electrons. The minimum absolute atomic E-state index is 0.0918. The second-order valence-electron chi connectivity index (χ2n) is 3.35. The van der Waals surface area contributed by atoms with Crippen molar-refractivity contribution in [2.45, 2.75) is 6.92 Å². The van der Waals surface area contributed by atoms with E-state index in [1.165, 1.54) is 6.92 Å². The molecule has 1 aromatic rings. The van der Waals surface area contributed by atoms with E-state index in [1.54, 1.807) is 24.3 Å². The number of carbonyl (C=O) groups excluding carboxylic acids is 1. The van der Waals surface area contributed by atoms with Crippen molar-refractivity contribution in [3.05, 3.63) is 50.8 Å². The normalized spacial score (nSPS) is 11.5. The third-order valence-corrected chi connectivity index (χ3v) is 2.34. The van der Waals surface area contributed by atoms with Crippen LogP contribution in [0.2, 0.25) is 5.02 Å². The largest absolute Gasteiger partial charge is 0.461 e. The molecule has 0 saturated carbocycles. The van der Waals surface area contributed by atoms with Crippen LogP contribution in [0.15, 0.2) is 35.7 Å². The highest BCUT2D eigenvalue weighted by Crippen LogP contribution is 2.17. The van der Waals surface area contributed by atoms with Crippen molar-refractivity contribution in [1.29, 1.82) is 0 Å². The Morgan fingerprint density at radius 3 is 2.39 bits per heavy atom. The summed E-state index contributed by atoms with van der Waals surface area (Å²) in [4.78, 5) is 21.2. The average Bonchev–Trinajstić information content (AvgIpc) is 2.31. The van der Waals surface area contributed by atoms with E-state index in [0.717, 1.165) is 7.11 Å². The molecule has 1 N–H and O–H groups in total. The van der Waals surface area contributed by atoms with Crippen LogP contribution in [0.25, 0.3) is 0 Å². The molecule has 1 aromatic carbocycles. The summed E-state index contributed by atoms with van der Waals surface area (Å²) in [5.74, 6) is -1.00. The zero-order valence-corrected chi connectivity index (χ0v) is 10.5. The van der Waals surface area contributed by atoms with E-state index >= 15 is 0 Å². The highest BCUT2D eigenvalue weighted by molar-refractivity contribution is 6.30. The van der Waals surface area contributed by atoms with Crippen molar-refractivity contribution < 1.29 is 14.5 Å². The van der Waals surface area contributed by atoms with Gasteiger partial charge >= 0.3 is 11.7 Å². The van der Waals surface area contributed by atoms with Crippen LogP contribution in [0.4, 0.5) is 5.69 Å². The van der Waals surface area contributed by atoms with E-state index in [9.17, 15) is 14.9 Å². The number of anilines is 1. The first-order valence-electron chi connectivity index (χ1n) is 4.92. The maximum Gasteiger partial charge on any atom is 0.411 e. The minimum Gasteiger partial charge on any atom is -0.461 e. The third kappa shape index (κ3) is 3.46. The van der Waals surface area contributed by atoms with Gasteiger partial charge < -0.3 is 10.1 Å². The number of esters is 1. The number of halogens is 1. The number of carbonyl (C=O) groups is 1. The number of hydrogen-bond acceptors (Lipinski definition) is 5. The van der Waals surface area contributed by atoms with Gasteiger partial charge in [-0.25, -0.2) is 4.79 Å². The summed E-state index contributed by atoms with van der Waals surface area (Å²) in [5, 5.41) is 14.1. The number of ether oxygens (including phenoxy) is 1. The zero-order valence-electron chi connectivity index (χ0n) is 9.77. The highest BCUT2D eigenvalue weighted by Gasteiger charge is 2.26. The summed E-state index contributed by atoms with van der Waals surface area (Å²) in [5.41, 5.74) is 0.0433. The summed E-state index contributed by atoms with van der Waals surface area (Å²) in [6.07, 6.45) is 0. The molecular formula is C11H11ClN2O4. The lowest BCUT2D eigenvalue weighted by Crippen LogP contribution is -2.17. The molecule has 96 valence electrons. The summed E-state index contributed by atoms with van der Waals surface area (Å²) >= 11 is 5.71. The van der Waals surface area contributed by atoms with Crippen molar-refractivity contribution in [3.63, 3.8) is 0 Å². The van der Waals surface area contributed by atoms with Crippen molar-refractivity contribution in [3.8, 4) is 0 Å². The number of benzene rings is 1. The van der Waals surface area contributed by atoms with Crippen LogP contribution in [0.1, 0.15) is 6.92 Å². The standard InChI is InChI=1S/C11H11ClN2O4/c1-7(10(14(16)17)11(15)18-2)13-9-5-3-8(12)4-6-9/h3-6,13H,1-2H3/b10-7+. The molecule has 7 heteroatoms. The van der Waals surface area contributed by atoms with Crippen LogP contribution in [0.3, 0.4) is 0 Å². The molecule has 0 aliphatic carbocycles. The van der Waals surface area contributed by atoms with Gasteiger partial charge in [0, 0.05) is 10.7 Å². The molecule has 18 heavy (non-hydrogen) atoms. The fraction of sp³-hybridized carbons (Fsp3) is 0.182. The van der Waals surface area contributed by atoms with Gasteiger partial charge in [-0.2, -0.15) is 0 Å². The average molecular weight is 271 g/mol. The number of nitrogens with zero attached hydrogens (tertiary/aromatic N) is 1. The van der Waals surface area contributed by atoms with Crippen LogP contribution in [-0.4, -0.2) is 18.0 Å². The fourth-order valence-corrected chi connectivity index (χ4v) is 1.40. The van der Waals surface area contributed by atoms with E-state index in [-0.39, 0.29) is 5.70 Å². The maximum absolute atomic E-state index is 11.3. The van der Waals surface area contributed by atoms with Crippen molar-refractivity contribution in [1.82, 2.24) is 0 Å². The molecule has 0 bridgehead atoms. The molecule has 0 unspecified atom stereocenters. The van der Waals surface area contributed by atoms with Gasteiger partial charge in [0.1, 0.15) is 0 Å². The Morgan fingerprint density at radius 2 is 1.94 bits per heavy atom. The topological polar surface area (TPSA) is 81.5 Å². The molecule has 0 atom stereocenters. The Balaban J connectivity index is 3.02. The van der Waals surface area contributed by atoms with Crippen molar-refractivity contribution in [2.75, 3.05) is 12.4 Å². The van der Waals surface area contributed by atoms with Gasteiger partial charge in [0.25, 0.3) is 0 Å². The van der Waals surface area contributed by atoms with Crippen molar-refractivity contribution >= 4 is 23.3 Å². The predicted octanol–water partition coefficient (Wildman–Crippen LogP) is 2.43. The number of rotatable bonds is 4. The first kappa shape index (κ1) is 14.0. The summed E-state index contributed by atoms with van der Waals surface area (Å²) in [7, 11) is 1.08. The van der Waals surface area contributed by atoms with Crippen LogP contribution >= 0.6 is 11.6 Å². The maximum atomic E-state index is 11.3. The molecular weight excluding hydrogens is 260 g/mol. The Bertz CT molecular complexity index is 496. The van der Waals surface area contributed by atoms with E-state index < -0.39 is 16.6 Å². The molecule has 0 spiro atoms. The third-order valence-electron chi connectivity index (χ3n) is 2.09. The number of hydrogen-bond donors (Lipinski definition) is 1. The number of nitro groups is 1. The summed E-state index contributed by atoms with van der Waals surface area (Å²) in [6.45, 7) is 1.42. The van der Waals surface area contributed by atoms with Gasteiger partial charge in [0.15, 0.2) is 0 Å². The van der Waals surface area contributed by atoms with E-state index in [2.05, 4.69) is 10.1 Å². The number of methoxy groups -OCH3 is 1. The summed E-state index contributed by atoms with van der Waals surface area (Å²) in [6, 6.07) is 6.53. The quantitative estimate of drug-likeness (QED) is 0.393. The van der Waals surface area contributed by atoms with Crippen LogP contribution in [-0.2, 0) is 9.53 Å². The minimum atomic E-state index is -1.00. The van der Waals surface area contributed by atoms with Crippen LogP contribution in [0, 0.1) is 10.1 Å². The van der Waals surface area contributed by atoms with Crippen LogP contribution < -0.4 is 5.32 Å². The van der Waals surface area contributed by atoms with E-state index in [0.29, 0.717) is 10.7 Å². The Hall–Kier alpha value is -2.08. The molecule has 0 fully saturated rings. The number of nitrogens with one attached hydrogen (secondary N) is 1. The lowest BCUT2D eigenvalue weighted by Gasteiger charge is -2.07. The Labute approximate surface area is 108 Å². The van der Waals surface area contributed by atoms with Crippen LogP contribution in [0.5, 0.6) is 0 Å². The Kier molecular flexibility index (Phi) is 4.67. The molecule has 1 rings (SSSR count). The summed E-state index contributed by atoms with van der Waals surface area (Å²) < 4.78 is 4.35. The highest BCUT2D eigenvalue weighted by atomic mass is 35.5.